The Hall–Kier alpha value is -2.44. The number of carbonyl (C=O) groups excluding carboxylic acids is 1. The number of methoxy groups -OCH3 is 1. The average Bonchev–Trinajstić information content (AvgIpc) is 3.24. The van der Waals surface area contributed by atoms with Crippen molar-refractivity contribution in [2.75, 3.05) is 7.11 Å². The summed E-state index contributed by atoms with van der Waals surface area (Å²) in [7, 11) is 1.65. The number of thioether (sulfide) groups is 1. The zero-order valence-corrected chi connectivity index (χ0v) is 15.0. The number of Topliss-reactive ketones (excluding diaryl/α,β-unsaturated/α-hetero) is 1. The molecule has 0 bridgehead atoms. The predicted octanol–water partition coefficient (Wildman–Crippen LogP) is 4.72. The van der Waals surface area contributed by atoms with Gasteiger partial charge in [-0.15, -0.1) is 11.3 Å². The van der Waals surface area contributed by atoms with Gasteiger partial charge in [0.15, 0.2) is 5.78 Å². The molecule has 0 radical (unpaired) electrons. The lowest BCUT2D eigenvalue weighted by Crippen LogP contribution is -2.11. The quantitative estimate of drug-likeness (QED) is 0.681. The first kappa shape index (κ1) is 16.1. The van der Waals surface area contributed by atoms with Crippen LogP contribution < -0.4 is 4.74 Å². The van der Waals surface area contributed by atoms with Gasteiger partial charge in [-0.3, -0.25) is 10.2 Å². The van der Waals surface area contributed by atoms with Crippen LogP contribution in [0.5, 0.6) is 5.75 Å². The van der Waals surface area contributed by atoms with Crippen LogP contribution >= 0.6 is 23.1 Å². The molecule has 1 N–H and O–H groups in total. The molecule has 2 heterocycles. The number of ether oxygens (including phenoxy) is 1. The summed E-state index contributed by atoms with van der Waals surface area (Å²) in [4.78, 5) is 17.6. The van der Waals surface area contributed by atoms with Gasteiger partial charge in [-0.25, -0.2) is 4.98 Å². The molecule has 1 aliphatic heterocycles. The maximum absolute atomic E-state index is 12.8. The fourth-order valence-corrected chi connectivity index (χ4v) is 4.73. The number of nitrogens with zero attached hydrogens (tertiary/aromatic N) is 1. The number of carbonyl (C=O) groups is 1. The van der Waals surface area contributed by atoms with Gasteiger partial charge in [0.05, 0.1) is 17.1 Å². The summed E-state index contributed by atoms with van der Waals surface area (Å²) in [6.45, 7) is 0. The largest absolute Gasteiger partial charge is 0.496 e. The molecule has 2 aromatic carbocycles. The van der Waals surface area contributed by atoms with Gasteiger partial charge >= 0.3 is 0 Å². The summed E-state index contributed by atoms with van der Waals surface area (Å²) in [6, 6.07) is 11.8. The van der Waals surface area contributed by atoms with E-state index in [0.717, 1.165) is 22.1 Å². The normalized spacial score (nSPS) is 19.1. The summed E-state index contributed by atoms with van der Waals surface area (Å²) in [5.41, 5.74) is 0.944. The zero-order valence-electron chi connectivity index (χ0n) is 13.4. The Morgan fingerprint density at radius 1 is 1.20 bits per heavy atom. The summed E-state index contributed by atoms with van der Waals surface area (Å²) >= 11 is 2.64. The molecule has 3 aromatic rings. The number of thiazole rings is 1. The van der Waals surface area contributed by atoms with E-state index in [9.17, 15) is 4.79 Å². The molecule has 25 heavy (non-hydrogen) atoms. The number of nitrogens with one attached hydrogen (secondary N) is 1. The number of rotatable bonds is 3. The summed E-state index contributed by atoms with van der Waals surface area (Å²) in [5, 5.41) is 13.1. The van der Waals surface area contributed by atoms with Crippen LogP contribution in [0.2, 0.25) is 0 Å². The Kier molecular flexibility index (Phi) is 4.15. The summed E-state index contributed by atoms with van der Waals surface area (Å²) < 4.78 is 5.42. The third kappa shape index (κ3) is 2.77. The van der Waals surface area contributed by atoms with Crippen LogP contribution in [0.25, 0.3) is 16.8 Å². The highest BCUT2D eigenvalue weighted by Crippen LogP contribution is 2.42. The molecule has 124 valence electrons. The maximum atomic E-state index is 12.8. The first-order valence-electron chi connectivity index (χ1n) is 7.66. The second-order valence-corrected chi connectivity index (χ2v) is 7.56. The second-order valence-electron chi connectivity index (χ2n) is 5.55. The van der Waals surface area contributed by atoms with Gasteiger partial charge in [-0.2, -0.15) is 0 Å². The Morgan fingerprint density at radius 3 is 2.72 bits per heavy atom. The smallest absolute Gasteiger partial charge is 0.186 e. The minimum atomic E-state index is -0.555. The van der Waals surface area contributed by atoms with E-state index in [-0.39, 0.29) is 5.78 Å². The molecule has 1 fully saturated rings. The van der Waals surface area contributed by atoms with Crippen molar-refractivity contribution in [2.24, 2.45) is 0 Å². The molecule has 1 aromatic heterocycles. The van der Waals surface area contributed by atoms with Gasteiger partial charge in [-0.05, 0) is 23.1 Å². The first-order valence-corrected chi connectivity index (χ1v) is 9.36. The molecule has 0 spiro atoms. The minimum absolute atomic E-state index is 0.0511. The van der Waals surface area contributed by atoms with Crippen molar-refractivity contribution in [1.82, 2.24) is 4.98 Å². The van der Waals surface area contributed by atoms with E-state index in [1.54, 1.807) is 13.3 Å². The molecule has 1 aliphatic rings. The van der Waals surface area contributed by atoms with E-state index in [0.29, 0.717) is 15.0 Å². The van der Waals surface area contributed by atoms with Crippen LogP contribution in [0, 0.1) is 5.41 Å². The monoisotopic (exact) mass is 366 g/mol. The minimum Gasteiger partial charge on any atom is -0.496 e. The van der Waals surface area contributed by atoms with Crippen LogP contribution in [-0.4, -0.2) is 22.9 Å². The maximum Gasteiger partial charge on any atom is 0.186 e. The van der Waals surface area contributed by atoms with Crippen LogP contribution in [0.4, 0.5) is 0 Å². The number of hydrogen-bond donors (Lipinski definition) is 1. The third-order valence-corrected chi connectivity index (χ3v) is 5.94. The lowest BCUT2D eigenvalue weighted by Gasteiger charge is -2.08. The van der Waals surface area contributed by atoms with Crippen molar-refractivity contribution in [3.63, 3.8) is 0 Å². The van der Waals surface area contributed by atoms with Crippen LogP contribution in [0.1, 0.15) is 16.5 Å². The van der Waals surface area contributed by atoms with Crippen LogP contribution in [0.15, 0.2) is 52.9 Å². The molecule has 1 unspecified atom stereocenters. The Labute approximate surface area is 153 Å². The topological polar surface area (TPSA) is 63.0 Å². The van der Waals surface area contributed by atoms with Crippen molar-refractivity contribution < 1.29 is 9.53 Å². The van der Waals surface area contributed by atoms with Gasteiger partial charge in [0.25, 0.3) is 0 Å². The lowest BCUT2D eigenvalue weighted by molar-refractivity contribution is -0.114. The molecule has 0 amide bonds. The van der Waals surface area contributed by atoms with Crippen molar-refractivity contribution in [3.05, 3.63) is 63.5 Å². The van der Waals surface area contributed by atoms with Crippen LogP contribution in [0.3, 0.4) is 0 Å². The number of fused-ring (bicyclic) bond motifs is 1. The molecule has 0 aliphatic carbocycles. The Bertz CT molecular complexity index is 1010. The average molecular weight is 366 g/mol. The summed E-state index contributed by atoms with van der Waals surface area (Å²) in [5.74, 6) is 0.196. The molecule has 1 saturated heterocycles. The zero-order chi connectivity index (χ0) is 17.4. The van der Waals surface area contributed by atoms with Gasteiger partial charge in [-0.1, -0.05) is 42.1 Å². The second kappa shape index (κ2) is 6.46. The van der Waals surface area contributed by atoms with Crippen molar-refractivity contribution in [2.45, 2.75) is 5.92 Å². The van der Waals surface area contributed by atoms with E-state index >= 15 is 0 Å². The van der Waals surface area contributed by atoms with Gasteiger partial charge in [0.1, 0.15) is 16.7 Å². The number of ketones is 1. The molecular formula is C19H14N2O2S2. The molecular weight excluding hydrogens is 352 g/mol. The molecule has 6 heteroatoms. The molecule has 1 atom stereocenters. The fraction of sp³-hybridized carbons (Fsp3) is 0.105. The first-order chi connectivity index (χ1) is 12.2. The van der Waals surface area contributed by atoms with Crippen molar-refractivity contribution in [1.29, 1.82) is 5.41 Å². The van der Waals surface area contributed by atoms with Gasteiger partial charge in [0.2, 0.25) is 0 Å². The van der Waals surface area contributed by atoms with E-state index in [1.807, 2.05) is 47.9 Å². The highest BCUT2D eigenvalue weighted by molar-refractivity contribution is 8.19. The van der Waals surface area contributed by atoms with E-state index in [2.05, 4.69) is 4.98 Å². The highest BCUT2D eigenvalue weighted by Gasteiger charge is 2.38. The summed E-state index contributed by atoms with van der Waals surface area (Å²) in [6.07, 6.45) is 3.54. The van der Waals surface area contributed by atoms with Crippen molar-refractivity contribution in [3.8, 4) is 5.75 Å². The molecule has 0 saturated carbocycles. The lowest BCUT2D eigenvalue weighted by atomic mass is 10.0. The van der Waals surface area contributed by atoms with Gasteiger partial charge < -0.3 is 4.74 Å². The van der Waals surface area contributed by atoms with Crippen molar-refractivity contribution >= 4 is 50.8 Å². The highest BCUT2D eigenvalue weighted by atomic mass is 32.2. The standard InChI is InChI=1S/C19H14N2O2S2/c1-23-14-7-6-11(12-4-2-3-5-13(12)14)10-15-17(22)16(18(20)25-15)19-21-8-9-24-19/h2-10,16,20H,1H3. The number of hydrogen-bond acceptors (Lipinski definition) is 6. The number of aromatic nitrogens is 1. The fourth-order valence-electron chi connectivity index (χ4n) is 2.93. The number of allylic oxidation sites excluding steroid dienone is 1. The molecule has 4 rings (SSSR count). The third-order valence-electron chi connectivity index (χ3n) is 4.11. The van der Waals surface area contributed by atoms with E-state index < -0.39 is 5.92 Å². The Balaban J connectivity index is 1.78. The molecule has 4 nitrogen and oxygen atoms in total. The van der Waals surface area contributed by atoms with E-state index in [1.165, 1.54) is 23.1 Å². The Morgan fingerprint density at radius 2 is 2.00 bits per heavy atom. The van der Waals surface area contributed by atoms with E-state index in [4.69, 9.17) is 10.1 Å². The van der Waals surface area contributed by atoms with Gasteiger partial charge in [0, 0.05) is 17.0 Å². The predicted molar refractivity (Wildman–Crippen MR) is 104 cm³/mol. The number of benzene rings is 2. The van der Waals surface area contributed by atoms with Crippen LogP contribution in [-0.2, 0) is 4.79 Å². The SMILES string of the molecule is COc1ccc(C=C2SC(=N)C(c3nccs3)C2=O)c2ccccc12.